The summed E-state index contributed by atoms with van der Waals surface area (Å²) < 4.78 is 5.92. The van der Waals surface area contributed by atoms with Crippen molar-refractivity contribution in [2.45, 2.75) is 77.2 Å². The molecule has 0 N–H and O–H groups in total. The van der Waals surface area contributed by atoms with Crippen LogP contribution < -0.4 is 0 Å². The van der Waals surface area contributed by atoms with Crippen LogP contribution in [0.3, 0.4) is 0 Å². The molecule has 2 aliphatic rings. The normalized spacial score (nSPS) is 25.2. The van der Waals surface area contributed by atoms with Gasteiger partial charge in [-0.05, 0) is 118 Å². The quantitative estimate of drug-likeness (QED) is 0.340. The monoisotopic (exact) mass is 426 g/mol. The summed E-state index contributed by atoms with van der Waals surface area (Å²) >= 11 is 0. The summed E-state index contributed by atoms with van der Waals surface area (Å²) in [5, 5.41) is 0. The van der Waals surface area contributed by atoms with E-state index in [2.05, 4.69) is 86.4 Å². The third-order valence-corrected chi connectivity index (χ3v) is 7.49. The SMILES string of the molecule is C/C=C/CCc1ccc(C#Cc2ccc(C3CCC4CC(OCC)CCC4C3)cc2)cc1. The summed E-state index contributed by atoms with van der Waals surface area (Å²) in [6, 6.07) is 17.8. The van der Waals surface area contributed by atoms with Crippen molar-refractivity contribution in [1.29, 1.82) is 0 Å². The Balaban J connectivity index is 1.31. The molecule has 2 saturated carbocycles. The molecule has 2 aromatic rings. The summed E-state index contributed by atoms with van der Waals surface area (Å²) in [7, 11) is 0. The third kappa shape index (κ3) is 6.14. The lowest BCUT2D eigenvalue weighted by Crippen LogP contribution is -2.33. The van der Waals surface area contributed by atoms with Gasteiger partial charge in [0.15, 0.2) is 0 Å². The molecule has 4 unspecified atom stereocenters. The fourth-order valence-corrected chi connectivity index (χ4v) is 5.69. The fourth-order valence-electron chi connectivity index (χ4n) is 5.69. The molecular weight excluding hydrogens is 388 g/mol. The standard InChI is InChI=1S/C31H38O/c1-3-5-6-7-24-8-10-25(11-9-24)12-13-26-14-16-27(17-15-26)28-18-19-30-23-31(32-4-2)21-20-29(30)22-28/h3,5,8-11,14-17,28-31H,4,6-7,18-23H2,1-2H3/b5-3+. The van der Waals surface area contributed by atoms with Gasteiger partial charge in [0, 0.05) is 17.7 Å². The molecule has 0 heterocycles. The Morgan fingerprint density at radius 1 is 0.844 bits per heavy atom. The van der Waals surface area contributed by atoms with Crippen LogP contribution in [-0.2, 0) is 11.2 Å². The van der Waals surface area contributed by atoms with Gasteiger partial charge in [0.05, 0.1) is 6.10 Å². The molecule has 2 fully saturated rings. The summed E-state index contributed by atoms with van der Waals surface area (Å²) in [6.07, 6.45) is 15.0. The smallest absolute Gasteiger partial charge is 0.0577 e. The Morgan fingerprint density at radius 2 is 1.50 bits per heavy atom. The second-order valence-electron chi connectivity index (χ2n) is 9.60. The number of benzene rings is 2. The first-order valence-corrected chi connectivity index (χ1v) is 12.7. The average molecular weight is 427 g/mol. The van der Waals surface area contributed by atoms with Crippen molar-refractivity contribution in [3.8, 4) is 11.8 Å². The van der Waals surface area contributed by atoms with E-state index in [9.17, 15) is 0 Å². The molecule has 0 radical (unpaired) electrons. The van der Waals surface area contributed by atoms with E-state index in [0.29, 0.717) is 6.10 Å². The van der Waals surface area contributed by atoms with Gasteiger partial charge in [-0.3, -0.25) is 0 Å². The first-order chi connectivity index (χ1) is 15.7. The molecule has 0 amide bonds. The van der Waals surface area contributed by atoms with E-state index in [1.54, 1.807) is 0 Å². The second kappa shape index (κ2) is 11.5. The van der Waals surface area contributed by atoms with Gasteiger partial charge in [0.2, 0.25) is 0 Å². The summed E-state index contributed by atoms with van der Waals surface area (Å²) in [5.41, 5.74) is 5.08. The Hall–Kier alpha value is -2.30. The third-order valence-electron chi connectivity index (χ3n) is 7.49. The van der Waals surface area contributed by atoms with Gasteiger partial charge in [0.1, 0.15) is 0 Å². The van der Waals surface area contributed by atoms with E-state index >= 15 is 0 Å². The highest BCUT2D eigenvalue weighted by molar-refractivity contribution is 5.44. The Bertz CT molecular complexity index is 925. The maximum Gasteiger partial charge on any atom is 0.0577 e. The van der Waals surface area contributed by atoms with Crippen molar-refractivity contribution in [2.75, 3.05) is 6.61 Å². The van der Waals surface area contributed by atoms with Crippen LogP contribution in [0.4, 0.5) is 0 Å². The predicted octanol–water partition coefficient (Wildman–Crippen LogP) is 7.68. The van der Waals surface area contributed by atoms with Crippen LogP contribution in [0.15, 0.2) is 60.7 Å². The summed E-state index contributed by atoms with van der Waals surface area (Å²) in [4.78, 5) is 0. The minimum atomic E-state index is 0.519. The molecule has 0 saturated heterocycles. The molecule has 1 heteroatoms. The highest BCUT2D eigenvalue weighted by atomic mass is 16.5. The van der Waals surface area contributed by atoms with Crippen LogP contribution >= 0.6 is 0 Å². The zero-order valence-corrected chi connectivity index (χ0v) is 19.9. The van der Waals surface area contributed by atoms with Gasteiger partial charge in [-0.15, -0.1) is 0 Å². The highest BCUT2D eigenvalue weighted by Gasteiger charge is 2.36. The minimum absolute atomic E-state index is 0.519. The van der Waals surface area contributed by atoms with Crippen molar-refractivity contribution < 1.29 is 4.74 Å². The van der Waals surface area contributed by atoms with Crippen molar-refractivity contribution in [2.24, 2.45) is 11.8 Å². The van der Waals surface area contributed by atoms with Gasteiger partial charge in [0.25, 0.3) is 0 Å². The molecule has 168 valence electrons. The van der Waals surface area contributed by atoms with E-state index in [4.69, 9.17) is 4.74 Å². The zero-order chi connectivity index (χ0) is 22.2. The van der Waals surface area contributed by atoms with Gasteiger partial charge in [-0.2, -0.15) is 0 Å². The van der Waals surface area contributed by atoms with Crippen molar-refractivity contribution >= 4 is 0 Å². The number of ether oxygens (including phenoxy) is 1. The lowest BCUT2D eigenvalue weighted by atomic mass is 9.65. The van der Waals surface area contributed by atoms with Gasteiger partial charge in [-0.25, -0.2) is 0 Å². The molecular formula is C31H38O. The number of aryl methyl sites for hydroxylation is 1. The number of rotatable bonds is 6. The van der Waals surface area contributed by atoms with Gasteiger partial charge < -0.3 is 4.74 Å². The lowest BCUT2D eigenvalue weighted by molar-refractivity contribution is -0.00955. The topological polar surface area (TPSA) is 9.23 Å². The van der Waals surface area contributed by atoms with E-state index in [0.717, 1.165) is 48.3 Å². The van der Waals surface area contributed by atoms with Gasteiger partial charge in [-0.1, -0.05) is 48.3 Å². The molecule has 4 rings (SSSR count). The molecule has 0 spiro atoms. The van der Waals surface area contributed by atoms with E-state index < -0.39 is 0 Å². The molecule has 0 aromatic heterocycles. The van der Waals surface area contributed by atoms with Crippen molar-refractivity contribution in [3.63, 3.8) is 0 Å². The average Bonchev–Trinajstić information content (AvgIpc) is 2.84. The Morgan fingerprint density at radius 3 is 2.19 bits per heavy atom. The predicted molar refractivity (Wildman–Crippen MR) is 135 cm³/mol. The molecule has 2 aromatic carbocycles. The molecule has 2 aliphatic carbocycles. The molecule has 4 atom stereocenters. The highest BCUT2D eigenvalue weighted by Crippen LogP contribution is 2.46. The van der Waals surface area contributed by atoms with Gasteiger partial charge >= 0.3 is 0 Å². The van der Waals surface area contributed by atoms with Crippen LogP contribution in [0.1, 0.15) is 87.0 Å². The van der Waals surface area contributed by atoms with Crippen LogP contribution in [0, 0.1) is 23.7 Å². The summed E-state index contributed by atoms with van der Waals surface area (Å²) in [6.45, 7) is 5.06. The number of hydrogen-bond donors (Lipinski definition) is 0. The van der Waals surface area contributed by atoms with E-state index in [1.807, 2.05) is 0 Å². The zero-order valence-electron chi connectivity index (χ0n) is 19.9. The molecule has 32 heavy (non-hydrogen) atoms. The first-order valence-electron chi connectivity index (χ1n) is 12.7. The maximum absolute atomic E-state index is 5.92. The van der Waals surface area contributed by atoms with Crippen LogP contribution in [-0.4, -0.2) is 12.7 Å². The maximum atomic E-state index is 5.92. The number of fused-ring (bicyclic) bond motifs is 1. The van der Waals surface area contributed by atoms with E-state index in [-0.39, 0.29) is 0 Å². The Labute approximate surface area is 195 Å². The van der Waals surface area contributed by atoms with Crippen molar-refractivity contribution in [1.82, 2.24) is 0 Å². The fraction of sp³-hybridized carbons (Fsp3) is 0.484. The lowest BCUT2D eigenvalue weighted by Gasteiger charge is -2.42. The first kappa shape index (κ1) is 22.9. The molecule has 1 nitrogen and oxygen atoms in total. The number of hydrogen-bond acceptors (Lipinski definition) is 1. The van der Waals surface area contributed by atoms with Crippen LogP contribution in [0.5, 0.6) is 0 Å². The summed E-state index contributed by atoms with van der Waals surface area (Å²) in [5.74, 6) is 9.18. The largest absolute Gasteiger partial charge is 0.378 e. The minimum Gasteiger partial charge on any atom is -0.378 e. The number of allylic oxidation sites excluding steroid dienone is 2. The van der Waals surface area contributed by atoms with E-state index in [1.165, 1.54) is 49.7 Å². The molecule has 0 bridgehead atoms. The van der Waals surface area contributed by atoms with Crippen LogP contribution in [0.25, 0.3) is 0 Å². The second-order valence-corrected chi connectivity index (χ2v) is 9.60. The Kier molecular flexibility index (Phi) is 8.24. The van der Waals surface area contributed by atoms with Crippen LogP contribution in [0.2, 0.25) is 0 Å². The molecule has 0 aliphatic heterocycles. The van der Waals surface area contributed by atoms with Crippen molar-refractivity contribution in [3.05, 3.63) is 82.9 Å².